The standard InChI is InChI=1S/C18H21NO3/c1-3-13-4-6-14(7-5-13)15-10-16(18(20)21-2)12-17(11-15)22-9-8-19/h4-7,10-12H,3,8-9,19H2,1-2H3. The summed E-state index contributed by atoms with van der Waals surface area (Å²) in [5, 5.41) is 0. The molecular formula is C18H21NO3. The van der Waals surface area contributed by atoms with Crippen LogP contribution in [-0.4, -0.2) is 26.2 Å². The highest BCUT2D eigenvalue weighted by atomic mass is 16.5. The summed E-state index contributed by atoms with van der Waals surface area (Å²) in [4.78, 5) is 11.8. The fraction of sp³-hybridized carbons (Fsp3) is 0.278. The zero-order valence-corrected chi connectivity index (χ0v) is 13.0. The van der Waals surface area contributed by atoms with Gasteiger partial charge in [-0.15, -0.1) is 0 Å². The van der Waals surface area contributed by atoms with Crippen molar-refractivity contribution in [2.45, 2.75) is 13.3 Å². The molecule has 0 aromatic heterocycles. The van der Waals surface area contributed by atoms with Gasteiger partial charge in [0, 0.05) is 6.54 Å². The number of hydrogen-bond donors (Lipinski definition) is 1. The minimum absolute atomic E-state index is 0.385. The van der Waals surface area contributed by atoms with Gasteiger partial charge in [-0.3, -0.25) is 0 Å². The van der Waals surface area contributed by atoms with Gasteiger partial charge in [0.05, 0.1) is 12.7 Å². The first kappa shape index (κ1) is 16.0. The Labute approximate surface area is 130 Å². The van der Waals surface area contributed by atoms with Crippen molar-refractivity contribution in [1.29, 1.82) is 0 Å². The monoisotopic (exact) mass is 299 g/mol. The lowest BCUT2D eigenvalue weighted by atomic mass is 10.0. The maximum absolute atomic E-state index is 11.8. The number of aryl methyl sites for hydroxylation is 1. The molecule has 0 unspecified atom stereocenters. The van der Waals surface area contributed by atoms with Crippen LogP contribution in [0.1, 0.15) is 22.8 Å². The van der Waals surface area contributed by atoms with Crippen molar-refractivity contribution in [2.24, 2.45) is 5.73 Å². The third-order valence-corrected chi connectivity index (χ3v) is 3.41. The molecule has 0 fully saturated rings. The molecule has 0 aliphatic carbocycles. The zero-order valence-electron chi connectivity index (χ0n) is 13.0. The van der Waals surface area contributed by atoms with Gasteiger partial charge in [0.15, 0.2) is 0 Å². The van der Waals surface area contributed by atoms with Crippen molar-refractivity contribution < 1.29 is 14.3 Å². The highest BCUT2D eigenvalue weighted by molar-refractivity contribution is 5.91. The first-order valence-electron chi connectivity index (χ1n) is 7.33. The summed E-state index contributed by atoms with van der Waals surface area (Å²) in [6.07, 6.45) is 0.993. The molecule has 0 amide bonds. The summed E-state index contributed by atoms with van der Waals surface area (Å²) < 4.78 is 10.4. The van der Waals surface area contributed by atoms with Crippen molar-refractivity contribution in [3.63, 3.8) is 0 Å². The topological polar surface area (TPSA) is 61.5 Å². The normalized spacial score (nSPS) is 10.3. The first-order chi connectivity index (χ1) is 10.7. The molecule has 0 spiro atoms. The van der Waals surface area contributed by atoms with Gasteiger partial charge in [-0.05, 0) is 41.3 Å². The second-order valence-corrected chi connectivity index (χ2v) is 4.93. The second kappa shape index (κ2) is 7.61. The second-order valence-electron chi connectivity index (χ2n) is 4.93. The Hall–Kier alpha value is -2.33. The maximum atomic E-state index is 11.8. The van der Waals surface area contributed by atoms with E-state index in [1.807, 2.05) is 24.3 Å². The van der Waals surface area contributed by atoms with E-state index >= 15 is 0 Å². The Morgan fingerprint density at radius 1 is 1.09 bits per heavy atom. The quantitative estimate of drug-likeness (QED) is 0.833. The van der Waals surface area contributed by atoms with Gasteiger partial charge in [0.25, 0.3) is 0 Å². The Kier molecular flexibility index (Phi) is 5.55. The molecule has 0 aliphatic heterocycles. The van der Waals surface area contributed by atoms with Crippen LogP contribution in [0.2, 0.25) is 0 Å². The lowest BCUT2D eigenvalue weighted by Gasteiger charge is -2.10. The molecule has 2 N–H and O–H groups in total. The molecule has 116 valence electrons. The number of rotatable bonds is 6. The van der Waals surface area contributed by atoms with E-state index in [0.29, 0.717) is 24.5 Å². The van der Waals surface area contributed by atoms with Crippen molar-refractivity contribution >= 4 is 5.97 Å². The minimum atomic E-state index is -0.385. The van der Waals surface area contributed by atoms with E-state index in [1.165, 1.54) is 12.7 Å². The number of carbonyl (C=O) groups is 1. The number of ether oxygens (including phenoxy) is 2. The molecule has 0 aliphatic rings. The summed E-state index contributed by atoms with van der Waals surface area (Å²) in [7, 11) is 1.37. The lowest BCUT2D eigenvalue weighted by molar-refractivity contribution is 0.0600. The van der Waals surface area contributed by atoms with Crippen molar-refractivity contribution in [3.05, 3.63) is 53.6 Å². The Balaban J connectivity index is 2.41. The molecular weight excluding hydrogens is 278 g/mol. The SMILES string of the molecule is CCc1ccc(-c2cc(OCCN)cc(C(=O)OC)c2)cc1. The molecule has 0 heterocycles. The number of hydrogen-bond acceptors (Lipinski definition) is 4. The highest BCUT2D eigenvalue weighted by Crippen LogP contribution is 2.27. The minimum Gasteiger partial charge on any atom is -0.492 e. The summed E-state index contributed by atoms with van der Waals surface area (Å²) in [6.45, 7) is 2.94. The van der Waals surface area contributed by atoms with E-state index in [1.54, 1.807) is 6.07 Å². The van der Waals surface area contributed by atoms with Crippen molar-refractivity contribution in [1.82, 2.24) is 0 Å². The fourth-order valence-electron chi connectivity index (χ4n) is 2.19. The van der Waals surface area contributed by atoms with Crippen LogP contribution in [0.3, 0.4) is 0 Å². The van der Waals surface area contributed by atoms with E-state index in [-0.39, 0.29) is 5.97 Å². The molecule has 4 heteroatoms. The largest absolute Gasteiger partial charge is 0.492 e. The van der Waals surface area contributed by atoms with E-state index in [0.717, 1.165) is 17.5 Å². The molecule has 2 aromatic rings. The lowest BCUT2D eigenvalue weighted by Crippen LogP contribution is -2.11. The van der Waals surface area contributed by atoms with E-state index in [2.05, 4.69) is 19.1 Å². The molecule has 2 rings (SSSR count). The van der Waals surface area contributed by atoms with E-state index in [4.69, 9.17) is 15.2 Å². The Bertz CT molecular complexity index is 635. The van der Waals surface area contributed by atoms with Crippen LogP contribution in [0, 0.1) is 0 Å². The van der Waals surface area contributed by atoms with Gasteiger partial charge in [0.1, 0.15) is 12.4 Å². The highest BCUT2D eigenvalue weighted by Gasteiger charge is 2.11. The molecule has 0 radical (unpaired) electrons. The van der Waals surface area contributed by atoms with Crippen LogP contribution in [0.4, 0.5) is 0 Å². The van der Waals surface area contributed by atoms with Gasteiger partial charge < -0.3 is 15.2 Å². The predicted octanol–water partition coefficient (Wildman–Crippen LogP) is 3.04. The molecule has 2 aromatic carbocycles. The molecule has 22 heavy (non-hydrogen) atoms. The zero-order chi connectivity index (χ0) is 15.9. The number of nitrogens with two attached hydrogens (primary N) is 1. The first-order valence-corrected chi connectivity index (χ1v) is 7.33. The third-order valence-electron chi connectivity index (χ3n) is 3.41. The predicted molar refractivity (Wildman–Crippen MR) is 87.1 cm³/mol. The molecule has 0 saturated heterocycles. The van der Waals surface area contributed by atoms with Crippen molar-refractivity contribution in [2.75, 3.05) is 20.3 Å². The van der Waals surface area contributed by atoms with Crippen LogP contribution in [-0.2, 0) is 11.2 Å². The van der Waals surface area contributed by atoms with Gasteiger partial charge >= 0.3 is 5.97 Å². The maximum Gasteiger partial charge on any atom is 0.338 e. The van der Waals surface area contributed by atoms with Crippen LogP contribution in [0.25, 0.3) is 11.1 Å². The summed E-state index contributed by atoms with van der Waals surface area (Å²) in [5.41, 5.74) is 9.14. The number of esters is 1. The Morgan fingerprint density at radius 3 is 2.41 bits per heavy atom. The van der Waals surface area contributed by atoms with Gasteiger partial charge in [0.2, 0.25) is 0 Å². The molecule has 0 bridgehead atoms. The third kappa shape index (κ3) is 3.86. The fourth-order valence-corrected chi connectivity index (χ4v) is 2.19. The van der Waals surface area contributed by atoms with Crippen LogP contribution < -0.4 is 10.5 Å². The number of methoxy groups -OCH3 is 1. The van der Waals surface area contributed by atoms with Gasteiger partial charge in [-0.25, -0.2) is 4.79 Å². The number of carbonyl (C=O) groups excluding carboxylic acids is 1. The molecule has 0 atom stereocenters. The van der Waals surface area contributed by atoms with Crippen LogP contribution in [0.15, 0.2) is 42.5 Å². The summed E-state index contributed by atoms with van der Waals surface area (Å²) in [6, 6.07) is 13.6. The number of benzene rings is 2. The van der Waals surface area contributed by atoms with E-state index < -0.39 is 0 Å². The molecule has 4 nitrogen and oxygen atoms in total. The van der Waals surface area contributed by atoms with Gasteiger partial charge in [-0.2, -0.15) is 0 Å². The van der Waals surface area contributed by atoms with Crippen molar-refractivity contribution in [3.8, 4) is 16.9 Å². The average Bonchev–Trinajstić information content (AvgIpc) is 2.59. The summed E-state index contributed by atoms with van der Waals surface area (Å²) >= 11 is 0. The van der Waals surface area contributed by atoms with Gasteiger partial charge in [-0.1, -0.05) is 31.2 Å². The van der Waals surface area contributed by atoms with E-state index in [9.17, 15) is 4.79 Å². The van der Waals surface area contributed by atoms with Crippen LogP contribution in [0.5, 0.6) is 5.75 Å². The average molecular weight is 299 g/mol. The summed E-state index contributed by atoms with van der Waals surface area (Å²) in [5.74, 6) is 0.229. The smallest absolute Gasteiger partial charge is 0.338 e. The molecule has 0 saturated carbocycles. The van der Waals surface area contributed by atoms with Crippen LogP contribution >= 0.6 is 0 Å². The Morgan fingerprint density at radius 2 is 1.82 bits per heavy atom.